The molecule has 1 aromatic carbocycles. The molecule has 1 aliphatic carbocycles. The minimum atomic E-state index is 0.344. The monoisotopic (exact) mass is 248 g/mol. The van der Waals surface area contributed by atoms with E-state index < -0.39 is 0 Å². The number of nitrogens with one attached hydrogen (secondary N) is 1. The third-order valence-electron chi connectivity index (χ3n) is 3.61. The van der Waals surface area contributed by atoms with Crippen molar-refractivity contribution in [1.82, 2.24) is 10.2 Å². The Bertz CT molecular complexity index is 377. The van der Waals surface area contributed by atoms with Crippen molar-refractivity contribution in [2.75, 3.05) is 27.2 Å². The van der Waals surface area contributed by atoms with Gasteiger partial charge in [0.05, 0.1) is 7.11 Å². The largest absolute Gasteiger partial charge is 0.496 e. The van der Waals surface area contributed by atoms with Gasteiger partial charge in [0.1, 0.15) is 5.75 Å². The van der Waals surface area contributed by atoms with Gasteiger partial charge in [0, 0.05) is 24.2 Å². The smallest absolute Gasteiger partial charge is 0.123 e. The lowest BCUT2D eigenvalue weighted by molar-refractivity contribution is 0.279. The molecule has 1 fully saturated rings. The van der Waals surface area contributed by atoms with Crippen molar-refractivity contribution < 1.29 is 4.74 Å². The number of rotatable bonds is 7. The number of methoxy groups -OCH3 is 1. The summed E-state index contributed by atoms with van der Waals surface area (Å²) in [4.78, 5) is 2.46. The SMILES string of the molecule is CCNC(CN(C)C1CC1)c1ccccc1OC. The summed E-state index contributed by atoms with van der Waals surface area (Å²) in [7, 11) is 3.96. The molecule has 0 aliphatic heterocycles. The van der Waals surface area contributed by atoms with Crippen molar-refractivity contribution in [2.45, 2.75) is 31.8 Å². The first-order chi connectivity index (χ1) is 8.76. The minimum absolute atomic E-state index is 0.344. The maximum absolute atomic E-state index is 5.47. The fourth-order valence-corrected chi connectivity index (χ4v) is 2.43. The van der Waals surface area contributed by atoms with Crippen LogP contribution in [0, 0.1) is 0 Å². The van der Waals surface area contributed by atoms with Gasteiger partial charge in [-0.1, -0.05) is 25.1 Å². The highest BCUT2D eigenvalue weighted by atomic mass is 16.5. The van der Waals surface area contributed by atoms with E-state index in [1.807, 2.05) is 12.1 Å². The average molecular weight is 248 g/mol. The predicted octanol–water partition coefficient (Wildman–Crippen LogP) is 2.44. The molecule has 1 saturated carbocycles. The average Bonchev–Trinajstić information content (AvgIpc) is 3.22. The number of para-hydroxylation sites is 1. The first kappa shape index (κ1) is 13.4. The van der Waals surface area contributed by atoms with Gasteiger partial charge in [0.25, 0.3) is 0 Å². The first-order valence-electron chi connectivity index (χ1n) is 6.82. The second kappa shape index (κ2) is 6.21. The van der Waals surface area contributed by atoms with Crippen LogP contribution in [0.25, 0.3) is 0 Å². The van der Waals surface area contributed by atoms with Gasteiger partial charge in [-0.05, 0) is 32.5 Å². The Balaban J connectivity index is 2.11. The molecule has 0 radical (unpaired) electrons. The van der Waals surface area contributed by atoms with Gasteiger partial charge in [0.2, 0.25) is 0 Å². The number of hydrogen-bond donors (Lipinski definition) is 1. The maximum Gasteiger partial charge on any atom is 0.123 e. The van der Waals surface area contributed by atoms with E-state index in [0.29, 0.717) is 6.04 Å². The third-order valence-corrected chi connectivity index (χ3v) is 3.61. The van der Waals surface area contributed by atoms with Gasteiger partial charge in [-0.2, -0.15) is 0 Å². The zero-order valence-electron chi connectivity index (χ0n) is 11.6. The Hall–Kier alpha value is -1.06. The van der Waals surface area contributed by atoms with Crippen molar-refractivity contribution >= 4 is 0 Å². The van der Waals surface area contributed by atoms with E-state index >= 15 is 0 Å². The molecular weight excluding hydrogens is 224 g/mol. The summed E-state index contributed by atoms with van der Waals surface area (Å²) >= 11 is 0. The fourth-order valence-electron chi connectivity index (χ4n) is 2.43. The lowest BCUT2D eigenvalue weighted by Gasteiger charge is -2.26. The Kier molecular flexibility index (Phi) is 4.61. The normalized spacial score (nSPS) is 16.9. The van der Waals surface area contributed by atoms with Crippen LogP contribution in [0.5, 0.6) is 5.75 Å². The topological polar surface area (TPSA) is 24.5 Å². The van der Waals surface area contributed by atoms with Crippen molar-refractivity contribution in [3.63, 3.8) is 0 Å². The summed E-state index contributed by atoms with van der Waals surface area (Å²) in [5.74, 6) is 0.979. The molecule has 1 unspecified atom stereocenters. The van der Waals surface area contributed by atoms with Gasteiger partial charge in [-0.15, -0.1) is 0 Å². The van der Waals surface area contributed by atoms with Crippen LogP contribution in [0.1, 0.15) is 31.4 Å². The molecule has 0 amide bonds. The molecule has 1 aromatic rings. The molecule has 100 valence electrons. The Morgan fingerprint density at radius 3 is 2.72 bits per heavy atom. The van der Waals surface area contributed by atoms with Crippen LogP contribution < -0.4 is 10.1 Å². The summed E-state index contributed by atoms with van der Waals surface area (Å²) in [6.07, 6.45) is 2.70. The molecule has 3 nitrogen and oxygen atoms in total. The molecule has 2 rings (SSSR count). The lowest BCUT2D eigenvalue weighted by atomic mass is 10.0. The molecule has 0 bridgehead atoms. The molecule has 0 heterocycles. The minimum Gasteiger partial charge on any atom is -0.496 e. The molecule has 0 saturated heterocycles. The van der Waals surface area contributed by atoms with E-state index in [9.17, 15) is 0 Å². The van der Waals surface area contributed by atoms with Crippen LogP contribution in [-0.2, 0) is 0 Å². The Morgan fingerprint density at radius 1 is 1.39 bits per heavy atom. The van der Waals surface area contributed by atoms with E-state index in [2.05, 4.69) is 36.3 Å². The van der Waals surface area contributed by atoms with E-state index in [1.165, 1.54) is 18.4 Å². The van der Waals surface area contributed by atoms with Crippen molar-refractivity contribution in [1.29, 1.82) is 0 Å². The highest BCUT2D eigenvalue weighted by Crippen LogP contribution is 2.30. The highest BCUT2D eigenvalue weighted by Gasteiger charge is 2.28. The first-order valence-corrected chi connectivity index (χ1v) is 6.82. The predicted molar refractivity (Wildman–Crippen MR) is 75.1 cm³/mol. The fraction of sp³-hybridized carbons (Fsp3) is 0.600. The van der Waals surface area contributed by atoms with Gasteiger partial charge in [0.15, 0.2) is 0 Å². The molecule has 1 N–H and O–H groups in total. The van der Waals surface area contributed by atoms with Crippen LogP contribution in [-0.4, -0.2) is 38.2 Å². The molecule has 0 spiro atoms. The van der Waals surface area contributed by atoms with E-state index in [1.54, 1.807) is 7.11 Å². The summed E-state index contributed by atoms with van der Waals surface area (Å²) < 4.78 is 5.47. The van der Waals surface area contributed by atoms with Gasteiger partial charge < -0.3 is 15.0 Å². The summed E-state index contributed by atoms with van der Waals surface area (Å²) in [5, 5.41) is 3.57. The van der Waals surface area contributed by atoms with E-state index in [-0.39, 0.29) is 0 Å². The summed E-state index contributed by atoms with van der Waals surface area (Å²) in [6, 6.07) is 9.44. The van der Waals surface area contributed by atoms with Crippen LogP contribution in [0.4, 0.5) is 0 Å². The van der Waals surface area contributed by atoms with E-state index in [0.717, 1.165) is 24.9 Å². The second-order valence-corrected chi connectivity index (χ2v) is 5.02. The zero-order chi connectivity index (χ0) is 13.0. The number of benzene rings is 1. The van der Waals surface area contributed by atoms with Crippen molar-refractivity contribution in [3.8, 4) is 5.75 Å². The highest BCUT2D eigenvalue weighted by molar-refractivity contribution is 5.36. The summed E-state index contributed by atoms with van der Waals surface area (Å²) in [5.41, 5.74) is 1.26. The molecule has 1 atom stereocenters. The number of hydrogen-bond acceptors (Lipinski definition) is 3. The summed E-state index contributed by atoms with van der Waals surface area (Å²) in [6.45, 7) is 4.17. The maximum atomic E-state index is 5.47. The Labute approximate surface area is 110 Å². The van der Waals surface area contributed by atoms with Crippen molar-refractivity contribution in [2.24, 2.45) is 0 Å². The van der Waals surface area contributed by atoms with E-state index in [4.69, 9.17) is 4.74 Å². The molecule has 1 aliphatic rings. The zero-order valence-corrected chi connectivity index (χ0v) is 11.6. The Morgan fingerprint density at radius 2 is 2.11 bits per heavy atom. The lowest BCUT2D eigenvalue weighted by Crippen LogP contribution is -2.34. The van der Waals surface area contributed by atoms with Crippen LogP contribution in [0.15, 0.2) is 24.3 Å². The molecule has 3 heteroatoms. The molecule has 18 heavy (non-hydrogen) atoms. The van der Waals surface area contributed by atoms with Gasteiger partial charge in [-0.25, -0.2) is 0 Å². The number of nitrogens with zero attached hydrogens (tertiary/aromatic N) is 1. The number of likely N-dealkylation sites (N-methyl/N-ethyl adjacent to an activating group) is 2. The standard InChI is InChI=1S/C15H24N2O/c1-4-16-14(11-17(2)12-9-10-12)13-7-5-6-8-15(13)18-3/h5-8,12,14,16H,4,9-11H2,1-3H3. The van der Waals surface area contributed by atoms with Crippen molar-refractivity contribution in [3.05, 3.63) is 29.8 Å². The van der Waals surface area contributed by atoms with Crippen LogP contribution >= 0.6 is 0 Å². The van der Waals surface area contributed by atoms with Crippen LogP contribution in [0.2, 0.25) is 0 Å². The van der Waals surface area contributed by atoms with Gasteiger partial charge in [-0.3, -0.25) is 0 Å². The molecular formula is C15H24N2O. The number of ether oxygens (including phenoxy) is 1. The van der Waals surface area contributed by atoms with Gasteiger partial charge >= 0.3 is 0 Å². The molecule has 0 aromatic heterocycles. The second-order valence-electron chi connectivity index (χ2n) is 5.02. The quantitative estimate of drug-likeness (QED) is 0.802. The third kappa shape index (κ3) is 3.24. The van der Waals surface area contributed by atoms with Crippen LogP contribution in [0.3, 0.4) is 0 Å².